The number of nitrogens with one attached hydrogen (secondary N) is 1. The lowest BCUT2D eigenvalue weighted by atomic mass is 10.1. The maximum atomic E-state index is 12.4. The van der Waals surface area contributed by atoms with Gasteiger partial charge in [-0.25, -0.2) is 0 Å². The Bertz CT molecular complexity index is 464. The van der Waals surface area contributed by atoms with Gasteiger partial charge in [0.15, 0.2) is 0 Å². The molecule has 2 saturated heterocycles. The molecular formula is C16H24N4O. The van der Waals surface area contributed by atoms with Crippen LogP contribution in [0.25, 0.3) is 0 Å². The normalized spacial score (nSPS) is 25.0. The van der Waals surface area contributed by atoms with Crippen LogP contribution in [0.1, 0.15) is 31.4 Å². The first kappa shape index (κ1) is 14.5. The van der Waals surface area contributed by atoms with Crippen LogP contribution >= 0.6 is 0 Å². The average molecular weight is 288 g/mol. The van der Waals surface area contributed by atoms with E-state index in [4.69, 9.17) is 0 Å². The van der Waals surface area contributed by atoms with Crippen molar-refractivity contribution in [1.82, 2.24) is 20.1 Å². The van der Waals surface area contributed by atoms with Crippen LogP contribution < -0.4 is 5.32 Å². The van der Waals surface area contributed by atoms with Gasteiger partial charge in [-0.15, -0.1) is 0 Å². The van der Waals surface area contributed by atoms with Crippen molar-refractivity contribution in [3.63, 3.8) is 0 Å². The highest BCUT2D eigenvalue weighted by Gasteiger charge is 2.30. The molecule has 5 nitrogen and oxygen atoms in total. The predicted molar refractivity (Wildman–Crippen MR) is 81.8 cm³/mol. The third kappa shape index (κ3) is 3.24. The first-order chi connectivity index (χ1) is 10.3. The van der Waals surface area contributed by atoms with Crippen LogP contribution in [0.3, 0.4) is 0 Å². The summed E-state index contributed by atoms with van der Waals surface area (Å²) in [5, 5.41) is 3.30. The molecule has 3 heterocycles. The molecular weight excluding hydrogens is 264 g/mol. The maximum absolute atomic E-state index is 12.4. The van der Waals surface area contributed by atoms with Crippen LogP contribution in [0.4, 0.5) is 0 Å². The molecule has 1 amide bonds. The highest BCUT2D eigenvalue weighted by Crippen LogP contribution is 2.21. The summed E-state index contributed by atoms with van der Waals surface area (Å²) in [5.74, 6) is 0.293. The van der Waals surface area contributed by atoms with Crippen molar-refractivity contribution in [2.75, 3.05) is 32.7 Å². The Labute approximate surface area is 126 Å². The van der Waals surface area contributed by atoms with Crippen LogP contribution in [-0.4, -0.2) is 59.5 Å². The number of hydrogen-bond donors (Lipinski definition) is 1. The fraction of sp³-hybridized carbons (Fsp3) is 0.625. The SMILES string of the molecule is CC(c1cccnc1)N1CCN(C(=O)C2CCCN2)CC1. The molecule has 114 valence electrons. The molecule has 2 atom stereocenters. The Morgan fingerprint density at radius 2 is 2.19 bits per heavy atom. The Morgan fingerprint density at radius 3 is 2.81 bits per heavy atom. The second-order valence-electron chi connectivity index (χ2n) is 5.97. The molecule has 1 aromatic rings. The number of pyridine rings is 1. The van der Waals surface area contributed by atoms with Crippen LogP contribution in [-0.2, 0) is 4.79 Å². The lowest BCUT2D eigenvalue weighted by molar-refractivity contribution is -0.135. The molecule has 21 heavy (non-hydrogen) atoms. The number of hydrogen-bond acceptors (Lipinski definition) is 4. The standard InChI is InChI=1S/C16H24N4O/c1-13(14-4-2-6-17-12-14)19-8-10-20(11-9-19)16(21)15-5-3-7-18-15/h2,4,6,12-13,15,18H,3,5,7-11H2,1H3. The van der Waals surface area contributed by atoms with Gasteiger partial charge < -0.3 is 10.2 Å². The summed E-state index contributed by atoms with van der Waals surface area (Å²) in [4.78, 5) is 21.0. The Morgan fingerprint density at radius 1 is 1.38 bits per heavy atom. The van der Waals surface area contributed by atoms with Crippen LogP contribution in [0.15, 0.2) is 24.5 Å². The summed E-state index contributed by atoms with van der Waals surface area (Å²) in [6.45, 7) is 6.74. The van der Waals surface area contributed by atoms with Gasteiger partial charge >= 0.3 is 0 Å². The zero-order chi connectivity index (χ0) is 14.7. The summed E-state index contributed by atoms with van der Waals surface area (Å²) >= 11 is 0. The fourth-order valence-electron chi connectivity index (χ4n) is 3.28. The number of carbonyl (C=O) groups excluding carboxylic acids is 1. The number of aromatic nitrogens is 1. The van der Waals surface area contributed by atoms with Crippen molar-refractivity contribution >= 4 is 5.91 Å². The topological polar surface area (TPSA) is 48.5 Å². The van der Waals surface area contributed by atoms with Crippen LogP contribution in [0, 0.1) is 0 Å². The molecule has 2 aliphatic heterocycles. The van der Waals surface area contributed by atoms with Crippen molar-refractivity contribution in [2.45, 2.75) is 31.8 Å². The van der Waals surface area contributed by atoms with E-state index >= 15 is 0 Å². The smallest absolute Gasteiger partial charge is 0.239 e. The first-order valence-electron chi connectivity index (χ1n) is 7.92. The zero-order valence-corrected chi connectivity index (χ0v) is 12.7. The fourth-order valence-corrected chi connectivity index (χ4v) is 3.28. The average Bonchev–Trinajstić information content (AvgIpc) is 3.09. The van der Waals surface area contributed by atoms with Gasteiger partial charge in [0.05, 0.1) is 6.04 Å². The summed E-state index contributed by atoms with van der Waals surface area (Å²) in [6, 6.07) is 4.53. The van der Waals surface area contributed by atoms with Crippen LogP contribution in [0.2, 0.25) is 0 Å². The molecule has 3 rings (SSSR count). The van der Waals surface area contributed by atoms with E-state index in [1.807, 2.05) is 17.2 Å². The number of carbonyl (C=O) groups is 1. The molecule has 0 spiro atoms. The Kier molecular flexibility index (Phi) is 4.51. The van der Waals surface area contributed by atoms with E-state index in [-0.39, 0.29) is 6.04 Å². The van der Waals surface area contributed by atoms with Gasteiger partial charge in [0.25, 0.3) is 0 Å². The number of amides is 1. The van der Waals surface area contributed by atoms with Gasteiger partial charge in [-0.3, -0.25) is 14.7 Å². The lowest BCUT2D eigenvalue weighted by Gasteiger charge is -2.39. The molecule has 0 radical (unpaired) electrons. The van der Waals surface area contributed by atoms with E-state index in [1.54, 1.807) is 6.20 Å². The minimum Gasteiger partial charge on any atom is -0.339 e. The van der Waals surface area contributed by atoms with Crippen molar-refractivity contribution in [3.05, 3.63) is 30.1 Å². The van der Waals surface area contributed by atoms with E-state index in [1.165, 1.54) is 5.56 Å². The van der Waals surface area contributed by atoms with Gasteiger partial charge in [-0.2, -0.15) is 0 Å². The minimum absolute atomic E-state index is 0.0623. The van der Waals surface area contributed by atoms with Gasteiger partial charge in [0.2, 0.25) is 5.91 Å². The Balaban J connectivity index is 1.54. The van der Waals surface area contributed by atoms with Crippen molar-refractivity contribution < 1.29 is 4.79 Å². The molecule has 0 saturated carbocycles. The largest absolute Gasteiger partial charge is 0.339 e. The van der Waals surface area contributed by atoms with E-state index in [9.17, 15) is 4.79 Å². The molecule has 0 aliphatic carbocycles. The molecule has 5 heteroatoms. The molecule has 0 aromatic carbocycles. The zero-order valence-electron chi connectivity index (χ0n) is 12.7. The molecule has 1 N–H and O–H groups in total. The third-order valence-electron chi connectivity index (χ3n) is 4.70. The van der Waals surface area contributed by atoms with Crippen molar-refractivity contribution in [2.24, 2.45) is 0 Å². The molecule has 0 bridgehead atoms. The monoisotopic (exact) mass is 288 g/mol. The molecule has 2 unspecified atom stereocenters. The van der Waals surface area contributed by atoms with Gasteiger partial charge in [-0.05, 0) is 37.9 Å². The first-order valence-corrected chi connectivity index (χ1v) is 7.92. The van der Waals surface area contributed by atoms with Crippen molar-refractivity contribution in [1.29, 1.82) is 0 Å². The highest BCUT2D eigenvalue weighted by molar-refractivity contribution is 5.82. The van der Waals surface area contributed by atoms with Crippen molar-refractivity contribution in [3.8, 4) is 0 Å². The Hall–Kier alpha value is -1.46. The van der Waals surface area contributed by atoms with Gasteiger partial charge in [-0.1, -0.05) is 6.07 Å². The minimum atomic E-state index is 0.0623. The summed E-state index contributed by atoms with van der Waals surface area (Å²) < 4.78 is 0. The highest BCUT2D eigenvalue weighted by atomic mass is 16.2. The quantitative estimate of drug-likeness (QED) is 0.903. The van der Waals surface area contributed by atoms with Gasteiger partial charge in [0, 0.05) is 44.6 Å². The van der Waals surface area contributed by atoms with E-state index < -0.39 is 0 Å². The molecule has 1 aromatic heterocycles. The van der Waals surface area contributed by atoms with Crippen LogP contribution in [0.5, 0.6) is 0 Å². The summed E-state index contributed by atoms with van der Waals surface area (Å²) in [7, 11) is 0. The number of piperazine rings is 1. The second kappa shape index (κ2) is 6.54. The van der Waals surface area contributed by atoms with E-state index in [0.717, 1.165) is 45.6 Å². The van der Waals surface area contributed by atoms with E-state index in [0.29, 0.717) is 11.9 Å². The third-order valence-corrected chi connectivity index (χ3v) is 4.70. The summed E-state index contributed by atoms with van der Waals surface area (Å²) in [5.41, 5.74) is 1.25. The number of rotatable bonds is 3. The second-order valence-corrected chi connectivity index (χ2v) is 5.97. The van der Waals surface area contributed by atoms with Gasteiger partial charge in [0.1, 0.15) is 0 Å². The van der Waals surface area contributed by atoms with E-state index in [2.05, 4.69) is 28.2 Å². The molecule has 2 fully saturated rings. The number of nitrogens with zero attached hydrogens (tertiary/aromatic N) is 3. The summed E-state index contributed by atoms with van der Waals surface area (Å²) in [6.07, 6.45) is 5.85. The predicted octanol–water partition coefficient (Wildman–Crippen LogP) is 1.04. The lowest BCUT2D eigenvalue weighted by Crippen LogP contribution is -2.53. The maximum Gasteiger partial charge on any atom is 0.239 e. The molecule has 2 aliphatic rings.